The summed E-state index contributed by atoms with van der Waals surface area (Å²) in [7, 11) is -8.43. The first kappa shape index (κ1) is 19.6. The van der Waals surface area contributed by atoms with Crippen molar-refractivity contribution in [3.05, 3.63) is 53.3 Å². The van der Waals surface area contributed by atoms with E-state index in [9.17, 15) is 21.2 Å². The Morgan fingerprint density at radius 1 is 0.960 bits per heavy atom. The minimum Gasteiger partial charge on any atom is -0.494 e. The molecule has 2 aromatic carbocycles. The van der Waals surface area contributed by atoms with Crippen molar-refractivity contribution in [1.82, 2.24) is 9.66 Å². The number of hydrogen-bond donors (Lipinski definition) is 2. The number of halogens is 2. The van der Waals surface area contributed by atoms with Gasteiger partial charge in [0.15, 0.2) is 0 Å². The van der Waals surface area contributed by atoms with Gasteiger partial charge in [0.25, 0.3) is 20.0 Å². The molecule has 0 aliphatic heterocycles. The van der Waals surface area contributed by atoms with Gasteiger partial charge in [0.2, 0.25) is 0 Å². The molecule has 0 unspecified atom stereocenters. The van der Waals surface area contributed by atoms with Crippen LogP contribution >= 0.6 is 11.6 Å². The quantitative estimate of drug-likeness (QED) is 0.683. The van der Waals surface area contributed by atoms with Crippen LogP contribution in [-0.2, 0) is 20.0 Å². The lowest BCUT2D eigenvalue weighted by molar-refractivity contribution is 0.340. The Morgan fingerprint density at radius 2 is 1.48 bits per heavy atom. The minimum absolute atomic E-state index is 0.171. The van der Waals surface area contributed by atoms with Gasteiger partial charge in [-0.1, -0.05) is 11.6 Å². The van der Waals surface area contributed by atoms with E-state index in [1.165, 1.54) is 24.3 Å². The third kappa shape index (κ3) is 4.89. The van der Waals surface area contributed by atoms with Crippen LogP contribution < -0.4 is 14.4 Å². The molecule has 7 nitrogen and oxygen atoms in total. The molecule has 0 aliphatic rings. The van der Waals surface area contributed by atoms with Gasteiger partial charge in [-0.05, 0) is 49.4 Å². The van der Waals surface area contributed by atoms with Crippen molar-refractivity contribution in [2.24, 2.45) is 0 Å². The summed E-state index contributed by atoms with van der Waals surface area (Å²) in [6.07, 6.45) is 0. The lowest BCUT2D eigenvalue weighted by Gasteiger charge is -2.10. The lowest BCUT2D eigenvalue weighted by atomic mass is 10.3. The SMILES string of the molecule is CCOc1ccc(S(=O)(=O)NNS(=O)(=O)c2ccc(F)c(Cl)c2)cc1. The number of ether oxygens (including phenoxy) is 1. The molecule has 0 fully saturated rings. The maximum atomic E-state index is 13.1. The number of benzene rings is 2. The summed E-state index contributed by atoms with van der Waals surface area (Å²) in [4.78, 5) is 2.91. The fourth-order valence-electron chi connectivity index (χ4n) is 1.75. The summed E-state index contributed by atoms with van der Waals surface area (Å²) >= 11 is 5.53. The third-order valence-corrected chi connectivity index (χ3v) is 5.88. The molecule has 0 aromatic heterocycles. The second-order valence-corrected chi connectivity index (χ2v) is 8.46. The molecule has 0 saturated carbocycles. The largest absolute Gasteiger partial charge is 0.494 e. The molecule has 0 saturated heterocycles. The van der Waals surface area contributed by atoms with Crippen LogP contribution in [0, 0.1) is 5.82 Å². The zero-order chi connectivity index (χ0) is 18.7. The zero-order valence-corrected chi connectivity index (χ0v) is 15.3. The van der Waals surface area contributed by atoms with E-state index < -0.39 is 35.8 Å². The lowest BCUT2D eigenvalue weighted by Crippen LogP contribution is -2.41. The highest BCUT2D eigenvalue weighted by Gasteiger charge is 2.20. The van der Waals surface area contributed by atoms with E-state index in [-0.39, 0.29) is 4.90 Å². The Balaban J connectivity index is 2.16. The average molecular weight is 409 g/mol. The first-order chi connectivity index (χ1) is 11.7. The minimum atomic E-state index is -4.27. The van der Waals surface area contributed by atoms with Crippen LogP contribution in [0.25, 0.3) is 0 Å². The van der Waals surface area contributed by atoms with Gasteiger partial charge in [-0.25, -0.2) is 21.2 Å². The highest BCUT2D eigenvalue weighted by molar-refractivity contribution is 7.92. The zero-order valence-electron chi connectivity index (χ0n) is 12.9. The smallest absolute Gasteiger partial charge is 0.254 e. The fourth-order valence-corrected chi connectivity index (χ4v) is 4.13. The van der Waals surface area contributed by atoms with Crippen LogP contribution in [0.5, 0.6) is 5.75 Å². The van der Waals surface area contributed by atoms with E-state index in [0.29, 0.717) is 12.4 Å². The van der Waals surface area contributed by atoms with Crippen LogP contribution in [0.4, 0.5) is 4.39 Å². The van der Waals surface area contributed by atoms with Crippen molar-refractivity contribution < 1.29 is 26.0 Å². The maximum absolute atomic E-state index is 13.1. The summed E-state index contributed by atoms with van der Waals surface area (Å²) in [5.41, 5.74) is 0. The number of hydrazine groups is 1. The Hall–Kier alpha value is -1.72. The normalized spacial score (nSPS) is 12.1. The molecule has 0 bridgehead atoms. The van der Waals surface area contributed by atoms with Crippen molar-refractivity contribution in [3.8, 4) is 5.75 Å². The molecule has 2 aromatic rings. The summed E-state index contributed by atoms with van der Waals surface area (Å²) in [6.45, 7) is 2.20. The average Bonchev–Trinajstić information content (AvgIpc) is 2.56. The van der Waals surface area contributed by atoms with E-state index in [1.54, 1.807) is 16.6 Å². The maximum Gasteiger partial charge on any atom is 0.254 e. The van der Waals surface area contributed by atoms with Crippen molar-refractivity contribution in [2.75, 3.05) is 6.61 Å². The second kappa shape index (κ2) is 7.67. The Labute approximate surface area is 149 Å². The van der Waals surface area contributed by atoms with E-state index in [1.807, 2.05) is 0 Å². The number of hydrogen-bond acceptors (Lipinski definition) is 5. The highest BCUT2D eigenvalue weighted by atomic mass is 35.5. The van der Waals surface area contributed by atoms with Gasteiger partial charge in [0.1, 0.15) is 11.6 Å². The van der Waals surface area contributed by atoms with Crippen LogP contribution in [0.3, 0.4) is 0 Å². The van der Waals surface area contributed by atoms with Crippen LogP contribution in [0.2, 0.25) is 5.02 Å². The Morgan fingerprint density at radius 3 is 2.00 bits per heavy atom. The molecule has 2 N–H and O–H groups in total. The standard InChI is InChI=1S/C14H14ClFN2O5S2/c1-2-23-10-3-5-11(6-4-10)24(19,20)17-18-25(21,22)12-7-8-14(16)13(15)9-12/h3-9,17-18H,2H2,1H3. The Kier molecular flexibility index (Phi) is 6.01. The summed E-state index contributed by atoms with van der Waals surface area (Å²) in [5, 5.41) is -0.405. The van der Waals surface area contributed by atoms with Gasteiger partial charge >= 0.3 is 0 Å². The van der Waals surface area contributed by atoms with Crippen LogP contribution in [-0.4, -0.2) is 23.4 Å². The first-order valence-electron chi connectivity index (χ1n) is 6.87. The van der Waals surface area contributed by atoms with Crippen molar-refractivity contribution in [2.45, 2.75) is 16.7 Å². The molecule has 2 rings (SSSR count). The Bertz CT molecular complexity index is 963. The van der Waals surface area contributed by atoms with E-state index in [0.717, 1.165) is 18.2 Å². The van der Waals surface area contributed by atoms with Gasteiger partial charge < -0.3 is 4.74 Å². The summed E-state index contributed by atoms with van der Waals surface area (Å²) in [6, 6.07) is 8.07. The van der Waals surface area contributed by atoms with Gasteiger partial charge in [0.05, 0.1) is 21.4 Å². The van der Waals surface area contributed by atoms with Crippen molar-refractivity contribution >= 4 is 31.6 Å². The van der Waals surface area contributed by atoms with Crippen LogP contribution in [0.15, 0.2) is 52.3 Å². The van der Waals surface area contributed by atoms with E-state index in [2.05, 4.69) is 0 Å². The monoisotopic (exact) mass is 408 g/mol. The second-order valence-electron chi connectivity index (χ2n) is 4.69. The molecule has 25 heavy (non-hydrogen) atoms. The molecule has 0 radical (unpaired) electrons. The molecule has 0 spiro atoms. The number of nitrogens with one attached hydrogen (secondary N) is 2. The van der Waals surface area contributed by atoms with Gasteiger partial charge in [-0.3, -0.25) is 0 Å². The third-order valence-electron chi connectivity index (χ3n) is 2.96. The van der Waals surface area contributed by atoms with Gasteiger partial charge in [-0.15, -0.1) is 9.66 Å². The predicted molar refractivity (Wildman–Crippen MR) is 89.7 cm³/mol. The first-order valence-corrected chi connectivity index (χ1v) is 10.2. The molecular formula is C14H14ClFN2O5S2. The molecule has 0 aliphatic carbocycles. The molecule has 136 valence electrons. The molecular weight excluding hydrogens is 395 g/mol. The van der Waals surface area contributed by atoms with Gasteiger partial charge in [-0.2, -0.15) is 0 Å². The fraction of sp³-hybridized carbons (Fsp3) is 0.143. The predicted octanol–water partition coefficient (Wildman–Crippen LogP) is 2.05. The number of rotatable bonds is 7. The van der Waals surface area contributed by atoms with Crippen molar-refractivity contribution in [3.63, 3.8) is 0 Å². The summed E-state index contributed by atoms with van der Waals surface area (Å²) in [5.74, 6) is -0.321. The van der Waals surface area contributed by atoms with Crippen molar-refractivity contribution in [1.29, 1.82) is 0 Å². The van der Waals surface area contributed by atoms with Gasteiger partial charge in [0, 0.05) is 0 Å². The van der Waals surface area contributed by atoms with Crippen LogP contribution in [0.1, 0.15) is 6.92 Å². The summed E-state index contributed by atoms with van der Waals surface area (Å²) < 4.78 is 66.7. The molecule has 0 amide bonds. The van der Waals surface area contributed by atoms with E-state index in [4.69, 9.17) is 16.3 Å². The number of sulfonamides is 2. The highest BCUT2D eigenvalue weighted by Crippen LogP contribution is 2.19. The molecule has 0 heterocycles. The molecule has 11 heteroatoms. The molecule has 0 atom stereocenters. The van der Waals surface area contributed by atoms with E-state index >= 15 is 0 Å². The topological polar surface area (TPSA) is 102 Å².